The molecule has 1 heterocycles. The van der Waals surface area contributed by atoms with E-state index in [2.05, 4.69) is 13.8 Å². The number of rotatable bonds is 1. The fourth-order valence-electron chi connectivity index (χ4n) is 4.25. The van der Waals surface area contributed by atoms with Crippen molar-refractivity contribution in [1.82, 2.24) is 0 Å². The molecule has 0 saturated heterocycles. The van der Waals surface area contributed by atoms with Crippen molar-refractivity contribution >= 4 is 21.7 Å². The van der Waals surface area contributed by atoms with Crippen molar-refractivity contribution in [3.05, 3.63) is 39.9 Å². The average molecular weight is 396 g/mol. The molecular weight excluding hydrogens is 379 g/mol. The Morgan fingerprint density at radius 3 is 2.37 bits per heavy atom. The van der Waals surface area contributed by atoms with Crippen molar-refractivity contribution in [3.63, 3.8) is 0 Å². The van der Waals surface area contributed by atoms with Crippen molar-refractivity contribution in [2.75, 3.05) is 0 Å². The molecule has 136 valence electrons. The van der Waals surface area contributed by atoms with Crippen LogP contribution < -0.4 is 29.6 Å². The van der Waals surface area contributed by atoms with E-state index >= 15 is 0 Å². The minimum absolute atomic E-state index is 0. The van der Waals surface area contributed by atoms with Crippen LogP contribution in [0.1, 0.15) is 64.1 Å². The van der Waals surface area contributed by atoms with E-state index in [1.54, 1.807) is 6.07 Å². The summed E-state index contributed by atoms with van der Waals surface area (Å²) in [6.45, 7) is 5.50. The first-order valence-corrected chi connectivity index (χ1v) is 9.80. The molecule has 8 heteroatoms. The van der Waals surface area contributed by atoms with Gasteiger partial charge in [0.25, 0.3) is 0 Å². The van der Waals surface area contributed by atoms with Gasteiger partial charge in [-0.25, -0.2) is 8.42 Å². The van der Waals surface area contributed by atoms with E-state index in [9.17, 15) is 22.6 Å². The normalized spacial score (nSPS) is 17.6. The van der Waals surface area contributed by atoms with E-state index < -0.39 is 26.8 Å². The first-order valence-electron chi connectivity index (χ1n) is 8.39. The number of fused-ring (bicyclic) bond motifs is 5. The third-order valence-electron chi connectivity index (χ3n) is 5.51. The minimum atomic E-state index is -4.89. The van der Waals surface area contributed by atoms with Gasteiger partial charge >= 0.3 is 29.6 Å². The summed E-state index contributed by atoms with van der Waals surface area (Å²) in [5, 5.41) is -0.797. The van der Waals surface area contributed by atoms with Gasteiger partial charge in [-0.05, 0) is 42.7 Å². The van der Waals surface area contributed by atoms with Gasteiger partial charge in [-0.15, -0.1) is 0 Å². The Morgan fingerprint density at radius 2 is 1.74 bits per heavy atom. The van der Waals surface area contributed by atoms with Crippen molar-refractivity contribution in [2.24, 2.45) is 0 Å². The second-order valence-corrected chi connectivity index (χ2v) is 8.86. The molecule has 6 nitrogen and oxygen atoms in total. The van der Waals surface area contributed by atoms with Crippen LogP contribution in [0, 0.1) is 6.92 Å². The van der Waals surface area contributed by atoms with E-state index in [1.165, 1.54) is 6.92 Å². The molecule has 0 unspecified atom stereocenters. The number of carbonyl (C=O) groups is 2. The van der Waals surface area contributed by atoms with E-state index in [0.29, 0.717) is 12.0 Å². The molecule has 1 aromatic heterocycles. The van der Waals surface area contributed by atoms with Crippen molar-refractivity contribution in [3.8, 4) is 11.3 Å². The number of carbonyl (C=O) groups excluding carboxylic acids is 2. The zero-order valence-electron chi connectivity index (χ0n) is 15.6. The van der Waals surface area contributed by atoms with Crippen LogP contribution >= 0.6 is 0 Å². The topological polar surface area (TPSA) is 104 Å². The van der Waals surface area contributed by atoms with Crippen LogP contribution in [0.4, 0.5) is 0 Å². The maximum Gasteiger partial charge on any atom is 1.00 e. The van der Waals surface area contributed by atoms with Gasteiger partial charge < -0.3 is 8.97 Å². The molecule has 0 radical (unpaired) electrons. The Hall–Kier alpha value is -1.25. The molecule has 2 aliphatic carbocycles. The molecule has 4 rings (SSSR count). The fraction of sp³-hybridized carbons (Fsp3) is 0.368. The molecule has 2 aliphatic rings. The van der Waals surface area contributed by atoms with Crippen LogP contribution in [0.2, 0.25) is 0 Å². The van der Waals surface area contributed by atoms with E-state index in [1.807, 2.05) is 6.07 Å². The zero-order chi connectivity index (χ0) is 19.0. The average Bonchev–Trinajstić information content (AvgIpc) is 2.89. The van der Waals surface area contributed by atoms with Crippen LogP contribution in [0.3, 0.4) is 0 Å². The Bertz CT molecular complexity index is 1110. The molecule has 0 N–H and O–H groups in total. The Balaban J connectivity index is 0.00000210. The van der Waals surface area contributed by atoms with E-state index in [4.69, 9.17) is 4.42 Å². The predicted molar refractivity (Wildman–Crippen MR) is 91.5 cm³/mol. The molecule has 0 atom stereocenters. The Morgan fingerprint density at radius 1 is 1.11 bits per heavy atom. The smallest absolute Gasteiger partial charge is 0.742 e. The van der Waals surface area contributed by atoms with Gasteiger partial charge in [0, 0.05) is 16.7 Å². The van der Waals surface area contributed by atoms with Gasteiger partial charge in [0.15, 0.2) is 10.1 Å². The van der Waals surface area contributed by atoms with E-state index in [0.717, 1.165) is 24.0 Å². The second-order valence-electron chi connectivity index (χ2n) is 7.58. The van der Waals surface area contributed by atoms with Gasteiger partial charge in [0.1, 0.15) is 5.76 Å². The monoisotopic (exact) mass is 396 g/mol. The number of benzene rings is 1. The van der Waals surface area contributed by atoms with Gasteiger partial charge in [0.2, 0.25) is 16.7 Å². The fourth-order valence-corrected chi connectivity index (χ4v) is 4.92. The molecule has 0 bridgehead atoms. The first kappa shape index (κ1) is 20.5. The van der Waals surface area contributed by atoms with Crippen molar-refractivity contribution < 1.29 is 56.5 Å². The molecule has 0 fully saturated rings. The van der Waals surface area contributed by atoms with Gasteiger partial charge in [-0.2, -0.15) is 0 Å². The van der Waals surface area contributed by atoms with E-state index in [-0.39, 0.29) is 57.4 Å². The molecule has 27 heavy (non-hydrogen) atoms. The maximum absolute atomic E-state index is 12.9. The summed E-state index contributed by atoms with van der Waals surface area (Å²) >= 11 is 0. The second kappa shape index (κ2) is 6.39. The Labute approximate surface area is 179 Å². The summed E-state index contributed by atoms with van der Waals surface area (Å²) in [5.41, 5.74) is 2.18. The van der Waals surface area contributed by atoms with Gasteiger partial charge in [-0.1, -0.05) is 26.0 Å². The molecule has 0 amide bonds. The van der Waals surface area contributed by atoms with Crippen LogP contribution in [-0.2, 0) is 22.0 Å². The number of hydrogen-bond donors (Lipinski definition) is 0. The summed E-state index contributed by atoms with van der Waals surface area (Å²) in [4.78, 5) is 25.5. The van der Waals surface area contributed by atoms with Crippen LogP contribution in [0.15, 0.2) is 21.6 Å². The van der Waals surface area contributed by atoms with Crippen LogP contribution in [0.25, 0.3) is 11.3 Å². The number of Topliss-reactive ketones (excluding diaryl/α,β-unsaturated/α-hetero) is 2. The number of hydrogen-bond acceptors (Lipinski definition) is 6. The summed E-state index contributed by atoms with van der Waals surface area (Å²) in [5.74, 6) is -1.48. The third-order valence-corrected chi connectivity index (χ3v) is 6.35. The third kappa shape index (κ3) is 2.87. The standard InChI is InChI=1S/C19H18O6S.Na/c1-9-13-15(20)16(21)14-10-5-4-8-19(2,3)12(10)7-6-11(14)17(13)25-18(9)26(22,23)24;/h6-7H,4-5,8H2,1-3H3,(H,22,23,24);/q;+1/p-1. The molecular formula is C19H17NaO6S. The zero-order valence-corrected chi connectivity index (χ0v) is 18.5. The summed E-state index contributed by atoms with van der Waals surface area (Å²) in [6, 6.07) is 3.60. The maximum atomic E-state index is 12.9. The van der Waals surface area contributed by atoms with Gasteiger partial charge in [-0.3, -0.25) is 9.59 Å². The molecule has 1 aromatic carbocycles. The molecule has 0 aliphatic heterocycles. The predicted octanol–water partition coefficient (Wildman–Crippen LogP) is 0.156. The summed E-state index contributed by atoms with van der Waals surface area (Å²) in [6.07, 6.45) is 2.54. The quantitative estimate of drug-likeness (QED) is 0.386. The molecule has 0 spiro atoms. The van der Waals surface area contributed by atoms with Crippen molar-refractivity contribution in [2.45, 2.75) is 50.5 Å². The number of furan rings is 1. The number of ketones is 2. The van der Waals surface area contributed by atoms with Crippen LogP contribution in [0.5, 0.6) is 0 Å². The largest absolute Gasteiger partial charge is 1.00 e. The first-order chi connectivity index (χ1) is 12.0. The molecule has 2 aromatic rings. The minimum Gasteiger partial charge on any atom is -0.742 e. The molecule has 0 saturated carbocycles. The van der Waals surface area contributed by atoms with Crippen molar-refractivity contribution in [1.29, 1.82) is 0 Å². The summed E-state index contributed by atoms with van der Waals surface area (Å²) < 4.78 is 39.6. The Kier molecular flexibility index (Phi) is 4.85. The van der Waals surface area contributed by atoms with Crippen LogP contribution in [-0.4, -0.2) is 24.5 Å². The summed E-state index contributed by atoms with van der Waals surface area (Å²) in [7, 11) is -4.89. The SMILES string of the molecule is Cc1c(S(=O)(=O)[O-])oc2c1C(=O)C(=O)c1c-2ccc2c1CCCC2(C)C.[Na+]. The van der Waals surface area contributed by atoms with Gasteiger partial charge in [0.05, 0.1) is 5.56 Å².